The van der Waals surface area contributed by atoms with Crippen LogP contribution in [0.3, 0.4) is 0 Å². The Bertz CT molecular complexity index is 1210. The summed E-state index contributed by atoms with van der Waals surface area (Å²) in [5.41, 5.74) is 4.52. The largest absolute Gasteiger partial charge is 0.352 e. The van der Waals surface area contributed by atoms with Crippen molar-refractivity contribution >= 4 is 5.91 Å². The Morgan fingerprint density at radius 3 is 2.55 bits per heavy atom. The van der Waals surface area contributed by atoms with Gasteiger partial charge in [-0.1, -0.05) is 37.5 Å². The first-order valence-electron chi connectivity index (χ1n) is 11.6. The highest BCUT2D eigenvalue weighted by atomic mass is 16.1. The predicted octanol–water partition coefficient (Wildman–Crippen LogP) is 5.31. The second-order valence-corrected chi connectivity index (χ2v) is 8.58. The zero-order chi connectivity index (χ0) is 22.5. The zero-order valence-electron chi connectivity index (χ0n) is 18.5. The predicted molar refractivity (Wildman–Crippen MR) is 129 cm³/mol. The van der Waals surface area contributed by atoms with Gasteiger partial charge in [-0.3, -0.25) is 9.78 Å². The first-order chi connectivity index (χ1) is 16.3. The second kappa shape index (κ2) is 9.77. The van der Waals surface area contributed by atoms with Gasteiger partial charge in [-0.15, -0.1) is 0 Å². The van der Waals surface area contributed by atoms with Crippen molar-refractivity contribution in [3.63, 3.8) is 0 Å². The summed E-state index contributed by atoms with van der Waals surface area (Å²) in [6, 6.07) is 17.4. The number of rotatable bonds is 6. The minimum Gasteiger partial charge on any atom is -0.352 e. The summed E-state index contributed by atoms with van der Waals surface area (Å²) in [7, 11) is 0. The molecule has 3 aromatic heterocycles. The van der Waals surface area contributed by atoms with E-state index in [-0.39, 0.29) is 5.91 Å². The molecule has 1 aliphatic carbocycles. The van der Waals surface area contributed by atoms with Gasteiger partial charge in [-0.2, -0.15) is 5.10 Å². The number of nitrogens with zero attached hydrogens (tertiary/aromatic N) is 4. The highest BCUT2D eigenvalue weighted by Gasteiger charge is 2.15. The Labute approximate surface area is 193 Å². The molecule has 6 nitrogen and oxygen atoms in total. The van der Waals surface area contributed by atoms with Crippen LogP contribution in [0.5, 0.6) is 0 Å². The maximum Gasteiger partial charge on any atom is 0.251 e. The molecular weight excluding hydrogens is 410 g/mol. The van der Waals surface area contributed by atoms with Crippen molar-refractivity contribution in [2.24, 2.45) is 5.92 Å². The van der Waals surface area contributed by atoms with Crippen LogP contribution in [-0.2, 0) is 0 Å². The normalized spacial score (nSPS) is 14.2. The number of aromatic nitrogens is 4. The number of nitrogens with one attached hydrogen (secondary N) is 1. The molecule has 1 fully saturated rings. The van der Waals surface area contributed by atoms with E-state index in [0.29, 0.717) is 11.5 Å². The van der Waals surface area contributed by atoms with Crippen LogP contribution in [0, 0.1) is 5.92 Å². The molecule has 33 heavy (non-hydrogen) atoms. The Kier molecular flexibility index (Phi) is 6.24. The van der Waals surface area contributed by atoms with Crippen molar-refractivity contribution in [1.29, 1.82) is 0 Å². The molecule has 0 radical (unpaired) electrons. The standard InChI is InChI=1S/C27H27N5O/c33-27(30-17-20-6-2-1-3-7-20)22-11-9-21(10-12-22)25-16-23(13-15-28-25)24-18-31-32(19-24)26-8-4-5-14-29-26/h4-5,8-16,18-20H,1-3,6-7,17H2,(H,30,33). The number of carbonyl (C=O) groups is 1. The number of carbonyl (C=O) groups excluding carboxylic acids is 1. The molecule has 4 aromatic rings. The molecule has 0 unspecified atom stereocenters. The first kappa shape index (κ1) is 21.1. The van der Waals surface area contributed by atoms with Gasteiger partial charge < -0.3 is 5.32 Å². The molecule has 1 aliphatic rings. The first-order valence-corrected chi connectivity index (χ1v) is 11.6. The Hall–Kier alpha value is -3.80. The number of hydrogen-bond donors (Lipinski definition) is 1. The van der Waals surface area contributed by atoms with Gasteiger partial charge in [-0.25, -0.2) is 9.67 Å². The van der Waals surface area contributed by atoms with Crippen molar-refractivity contribution in [1.82, 2.24) is 25.1 Å². The van der Waals surface area contributed by atoms with Gasteiger partial charge in [0, 0.05) is 41.8 Å². The number of hydrogen-bond acceptors (Lipinski definition) is 4. The van der Waals surface area contributed by atoms with E-state index >= 15 is 0 Å². The Balaban J connectivity index is 1.28. The third-order valence-corrected chi connectivity index (χ3v) is 6.28. The molecule has 6 heteroatoms. The van der Waals surface area contributed by atoms with Gasteiger partial charge in [0.15, 0.2) is 5.82 Å². The van der Waals surface area contributed by atoms with E-state index in [4.69, 9.17) is 0 Å². The van der Waals surface area contributed by atoms with Crippen LogP contribution in [0.1, 0.15) is 42.5 Å². The lowest BCUT2D eigenvalue weighted by Gasteiger charge is -2.21. The van der Waals surface area contributed by atoms with Gasteiger partial charge in [0.25, 0.3) is 5.91 Å². The topological polar surface area (TPSA) is 72.7 Å². The van der Waals surface area contributed by atoms with Crippen LogP contribution in [0.25, 0.3) is 28.2 Å². The van der Waals surface area contributed by atoms with E-state index in [1.165, 1.54) is 32.1 Å². The quantitative estimate of drug-likeness (QED) is 0.444. The molecule has 0 spiro atoms. The molecule has 0 aliphatic heterocycles. The summed E-state index contributed by atoms with van der Waals surface area (Å²) in [6.07, 6.45) is 13.7. The molecule has 166 valence electrons. The van der Waals surface area contributed by atoms with Crippen molar-refractivity contribution in [2.45, 2.75) is 32.1 Å². The number of pyridine rings is 2. The lowest BCUT2D eigenvalue weighted by molar-refractivity contribution is 0.0943. The molecule has 1 aromatic carbocycles. The molecule has 5 rings (SSSR count). The van der Waals surface area contributed by atoms with Crippen LogP contribution in [-0.4, -0.2) is 32.2 Å². The molecule has 0 bridgehead atoms. The average molecular weight is 438 g/mol. The van der Waals surface area contributed by atoms with Crippen molar-refractivity contribution < 1.29 is 4.79 Å². The minimum absolute atomic E-state index is 0.00392. The van der Waals surface area contributed by atoms with Gasteiger partial charge >= 0.3 is 0 Å². The average Bonchev–Trinajstić information content (AvgIpc) is 3.39. The maximum atomic E-state index is 12.6. The van der Waals surface area contributed by atoms with Crippen LogP contribution < -0.4 is 5.32 Å². The summed E-state index contributed by atoms with van der Waals surface area (Å²) in [5, 5.41) is 7.54. The minimum atomic E-state index is -0.00392. The smallest absolute Gasteiger partial charge is 0.251 e. The summed E-state index contributed by atoms with van der Waals surface area (Å²) < 4.78 is 1.76. The van der Waals surface area contributed by atoms with E-state index < -0.39 is 0 Å². The lowest BCUT2D eigenvalue weighted by atomic mass is 9.89. The molecule has 0 saturated heterocycles. The summed E-state index contributed by atoms with van der Waals surface area (Å²) in [5.74, 6) is 1.39. The summed E-state index contributed by atoms with van der Waals surface area (Å²) in [4.78, 5) is 21.4. The van der Waals surface area contributed by atoms with Crippen LogP contribution in [0.15, 0.2) is 79.4 Å². The van der Waals surface area contributed by atoms with Crippen molar-refractivity contribution in [3.05, 3.63) is 84.9 Å². The van der Waals surface area contributed by atoms with E-state index in [2.05, 4.69) is 20.4 Å². The highest BCUT2D eigenvalue weighted by Crippen LogP contribution is 2.26. The fourth-order valence-electron chi connectivity index (χ4n) is 4.38. The van der Waals surface area contributed by atoms with E-state index in [1.807, 2.05) is 67.0 Å². The summed E-state index contributed by atoms with van der Waals surface area (Å²) >= 11 is 0. The lowest BCUT2D eigenvalue weighted by Crippen LogP contribution is -2.30. The van der Waals surface area contributed by atoms with Crippen molar-refractivity contribution in [3.8, 4) is 28.2 Å². The molecule has 1 amide bonds. The second-order valence-electron chi connectivity index (χ2n) is 8.58. The zero-order valence-corrected chi connectivity index (χ0v) is 18.5. The van der Waals surface area contributed by atoms with E-state index in [9.17, 15) is 4.79 Å². The molecule has 0 atom stereocenters. The number of amides is 1. The summed E-state index contributed by atoms with van der Waals surface area (Å²) in [6.45, 7) is 0.774. The van der Waals surface area contributed by atoms with Crippen LogP contribution in [0.4, 0.5) is 0 Å². The maximum absolute atomic E-state index is 12.6. The third kappa shape index (κ3) is 5.00. The fourth-order valence-corrected chi connectivity index (χ4v) is 4.38. The van der Waals surface area contributed by atoms with Gasteiger partial charge in [0.05, 0.1) is 11.9 Å². The highest BCUT2D eigenvalue weighted by molar-refractivity contribution is 5.94. The van der Waals surface area contributed by atoms with Crippen molar-refractivity contribution in [2.75, 3.05) is 6.54 Å². The van der Waals surface area contributed by atoms with Gasteiger partial charge in [0.1, 0.15) is 0 Å². The SMILES string of the molecule is O=C(NCC1CCCCC1)c1ccc(-c2cc(-c3cnn(-c4ccccn4)c3)ccn2)cc1. The van der Waals surface area contributed by atoms with Crippen LogP contribution in [0.2, 0.25) is 0 Å². The third-order valence-electron chi connectivity index (χ3n) is 6.28. The molecular formula is C27H27N5O. The van der Waals surface area contributed by atoms with Gasteiger partial charge in [0.2, 0.25) is 0 Å². The van der Waals surface area contributed by atoms with E-state index in [0.717, 1.165) is 34.7 Å². The van der Waals surface area contributed by atoms with Crippen LogP contribution >= 0.6 is 0 Å². The van der Waals surface area contributed by atoms with E-state index in [1.54, 1.807) is 17.1 Å². The monoisotopic (exact) mass is 437 g/mol. The molecule has 1 saturated carbocycles. The molecule has 1 N–H and O–H groups in total. The number of benzene rings is 1. The fraction of sp³-hybridized carbons (Fsp3) is 0.259. The Morgan fingerprint density at radius 2 is 1.76 bits per heavy atom. The van der Waals surface area contributed by atoms with Gasteiger partial charge in [-0.05, 0) is 60.7 Å². The molecule has 3 heterocycles. The Morgan fingerprint density at radius 1 is 0.909 bits per heavy atom.